The SMILES string of the molecule is [2H]c1[nH]c2ccc(C[C@H]3COC(=O)N3)cc2c1CC([2H])([2H])N(C)C([2H])([2H])[2H]. The fourth-order valence-corrected chi connectivity index (χ4v) is 2.44. The molecular weight excluding hydrogens is 266 g/mol. The average Bonchev–Trinajstić information content (AvgIpc) is 3.09. The smallest absolute Gasteiger partial charge is 0.407 e. The summed E-state index contributed by atoms with van der Waals surface area (Å²) in [6, 6.07) is 5.37. The molecule has 5 heteroatoms. The summed E-state index contributed by atoms with van der Waals surface area (Å²) < 4.78 is 51.6. The van der Waals surface area contributed by atoms with Crippen LogP contribution in [0.5, 0.6) is 0 Å². The number of benzene rings is 1. The van der Waals surface area contributed by atoms with Gasteiger partial charge >= 0.3 is 6.09 Å². The Hall–Kier alpha value is -2.01. The molecule has 1 atom stereocenters. The van der Waals surface area contributed by atoms with Gasteiger partial charge in [0.15, 0.2) is 0 Å². The number of fused-ring (bicyclic) bond motifs is 1. The van der Waals surface area contributed by atoms with Crippen molar-refractivity contribution < 1.29 is 17.8 Å². The molecule has 1 fully saturated rings. The van der Waals surface area contributed by atoms with Crippen LogP contribution in [0.2, 0.25) is 0 Å². The minimum Gasteiger partial charge on any atom is -0.447 e. The van der Waals surface area contributed by atoms with Crippen molar-refractivity contribution in [1.29, 1.82) is 0 Å². The molecule has 0 radical (unpaired) electrons. The molecule has 0 bridgehead atoms. The second kappa shape index (κ2) is 5.77. The van der Waals surface area contributed by atoms with E-state index in [1.165, 1.54) is 7.05 Å². The van der Waals surface area contributed by atoms with E-state index in [9.17, 15) is 4.79 Å². The van der Waals surface area contributed by atoms with Crippen molar-refractivity contribution in [2.45, 2.75) is 18.9 Å². The fourth-order valence-electron chi connectivity index (χ4n) is 2.44. The minimum atomic E-state index is -2.58. The summed E-state index contributed by atoms with van der Waals surface area (Å²) in [6.45, 7) is -4.45. The summed E-state index contributed by atoms with van der Waals surface area (Å²) in [5.41, 5.74) is 2.00. The van der Waals surface area contributed by atoms with E-state index in [-0.39, 0.29) is 25.2 Å². The van der Waals surface area contributed by atoms with Gasteiger partial charge in [-0.25, -0.2) is 4.79 Å². The standard InChI is InChI=1S/C16H21N3O2/c1-19(2)6-5-12-9-17-15-4-3-11(8-14(12)15)7-13-10-21-16(20)18-13/h3-4,8-9,13,17H,5-7,10H2,1-2H3,(H,18,20)/t13-/m0/s1/i1D3,6D2,9D. The number of carbonyl (C=O) groups is 1. The predicted octanol–water partition coefficient (Wildman–Crippen LogP) is 1.92. The number of H-pyrrole nitrogens is 1. The molecule has 0 spiro atoms. The quantitative estimate of drug-likeness (QED) is 0.885. The van der Waals surface area contributed by atoms with Gasteiger partial charge in [0.1, 0.15) is 6.61 Å². The van der Waals surface area contributed by atoms with Gasteiger partial charge in [-0.05, 0) is 50.1 Å². The second-order valence-corrected chi connectivity index (χ2v) is 5.15. The Morgan fingerprint density at radius 3 is 3.29 bits per heavy atom. The second-order valence-electron chi connectivity index (χ2n) is 5.15. The number of hydrogen-bond acceptors (Lipinski definition) is 3. The lowest BCUT2D eigenvalue weighted by molar-refractivity contribution is 0.177. The molecule has 1 aliphatic rings. The molecule has 1 aromatic heterocycles. The zero-order valence-corrected chi connectivity index (χ0v) is 11.7. The van der Waals surface area contributed by atoms with Gasteiger partial charge in [-0.3, -0.25) is 0 Å². The highest BCUT2D eigenvalue weighted by Crippen LogP contribution is 2.21. The largest absolute Gasteiger partial charge is 0.447 e. The number of ether oxygens (including phenoxy) is 1. The first-order chi connectivity index (χ1) is 12.5. The molecule has 2 aromatic rings. The van der Waals surface area contributed by atoms with E-state index < -0.39 is 19.6 Å². The predicted molar refractivity (Wildman–Crippen MR) is 82.5 cm³/mol. The van der Waals surface area contributed by atoms with Crippen molar-refractivity contribution in [3.63, 3.8) is 0 Å². The van der Waals surface area contributed by atoms with Crippen LogP contribution in [0.15, 0.2) is 24.4 Å². The third-order valence-electron chi connectivity index (χ3n) is 3.47. The maximum Gasteiger partial charge on any atom is 0.407 e. The van der Waals surface area contributed by atoms with Gasteiger partial charge in [0, 0.05) is 30.4 Å². The normalized spacial score (nSPS) is 23.7. The van der Waals surface area contributed by atoms with Crippen molar-refractivity contribution >= 4 is 17.0 Å². The number of carbonyl (C=O) groups excluding carboxylic acids is 1. The van der Waals surface area contributed by atoms with E-state index in [1.807, 2.05) is 12.1 Å². The van der Waals surface area contributed by atoms with Gasteiger partial charge in [-0.2, -0.15) is 0 Å². The molecule has 1 amide bonds. The third kappa shape index (κ3) is 3.19. The molecular formula is C16H21N3O2. The number of alkyl carbamates (subject to hydrolysis) is 1. The molecule has 112 valence electrons. The number of likely N-dealkylation sites (N-methyl/N-ethyl adjacent to an activating group) is 1. The van der Waals surface area contributed by atoms with E-state index in [0.29, 0.717) is 27.8 Å². The van der Waals surface area contributed by atoms with E-state index in [1.54, 1.807) is 6.07 Å². The van der Waals surface area contributed by atoms with Crippen LogP contribution in [-0.4, -0.2) is 49.1 Å². The number of cyclic esters (lactones) is 1. The van der Waals surface area contributed by atoms with Crippen molar-refractivity contribution in [3.05, 3.63) is 35.5 Å². The summed E-state index contributed by atoms with van der Waals surface area (Å²) in [5, 5.41) is 3.38. The summed E-state index contributed by atoms with van der Waals surface area (Å²) in [4.78, 5) is 14.8. The monoisotopic (exact) mass is 293 g/mol. The van der Waals surface area contributed by atoms with Gasteiger partial charge in [-0.15, -0.1) is 0 Å². The summed E-state index contributed by atoms with van der Waals surface area (Å²) in [6.07, 6.45) is -0.0879. The van der Waals surface area contributed by atoms with E-state index >= 15 is 0 Å². The van der Waals surface area contributed by atoms with Crippen molar-refractivity contribution in [3.8, 4) is 0 Å². The minimum absolute atomic E-state index is 0.0578. The van der Waals surface area contributed by atoms with Crippen LogP contribution in [0.25, 0.3) is 10.9 Å². The van der Waals surface area contributed by atoms with Gasteiger partial charge in [0.05, 0.1) is 7.41 Å². The maximum atomic E-state index is 11.2. The Balaban J connectivity index is 1.89. The lowest BCUT2D eigenvalue weighted by Crippen LogP contribution is -2.28. The van der Waals surface area contributed by atoms with Crippen LogP contribution in [-0.2, 0) is 17.6 Å². The molecule has 0 unspecified atom stereocenters. The Kier molecular flexibility index (Phi) is 2.32. The average molecular weight is 293 g/mol. The number of nitrogens with zero attached hydrogens (tertiary/aromatic N) is 1. The molecule has 1 aliphatic heterocycles. The van der Waals surface area contributed by atoms with Gasteiger partial charge in [-0.1, -0.05) is 6.07 Å². The highest BCUT2D eigenvalue weighted by atomic mass is 16.6. The molecule has 2 heterocycles. The molecule has 1 aromatic carbocycles. The molecule has 1 saturated heterocycles. The Morgan fingerprint density at radius 2 is 2.52 bits per heavy atom. The van der Waals surface area contributed by atoms with Crippen LogP contribution < -0.4 is 5.32 Å². The number of aromatic amines is 1. The lowest BCUT2D eigenvalue weighted by Gasteiger charge is -2.09. The zero-order valence-electron chi connectivity index (χ0n) is 17.7. The van der Waals surface area contributed by atoms with Crippen LogP contribution in [0.4, 0.5) is 4.79 Å². The van der Waals surface area contributed by atoms with Crippen molar-refractivity contribution in [2.24, 2.45) is 0 Å². The van der Waals surface area contributed by atoms with Gasteiger partial charge in [0.2, 0.25) is 0 Å². The topological polar surface area (TPSA) is 57.4 Å². The van der Waals surface area contributed by atoms with Crippen LogP contribution in [0, 0.1) is 0 Å². The molecule has 0 aliphatic carbocycles. The van der Waals surface area contributed by atoms with E-state index in [4.69, 9.17) is 13.0 Å². The number of amides is 1. The maximum absolute atomic E-state index is 11.2. The molecule has 3 rings (SSSR count). The fraction of sp³-hybridized carbons (Fsp3) is 0.438. The molecule has 21 heavy (non-hydrogen) atoms. The number of aromatic nitrogens is 1. The summed E-state index contributed by atoms with van der Waals surface area (Å²) in [7, 11) is 1.21. The van der Waals surface area contributed by atoms with E-state index in [0.717, 1.165) is 5.56 Å². The Labute approximate surface area is 132 Å². The van der Waals surface area contributed by atoms with Crippen LogP contribution in [0.1, 0.15) is 19.4 Å². The van der Waals surface area contributed by atoms with Crippen LogP contribution >= 0.6 is 0 Å². The number of hydrogen-bond donors (Lipinski definition) is 2. The first kappa shape index (κ1) is 8.44. The highest BCUT2D eigenvalue weighted by Gasteiger charge is 2.22. The van der Waals surface area contributed by atoms with Crippen molar-refractivity contribution in [1.82, 2.24) is 15.2 Å². The van der Waals surface area contributed by atoms with E-state index in [2.05, 4.69) is 10.3 Å². The van der Waals surface area contributed by atoms with Crippen molar-refractivity contribution in [2.75, 3.05) is 27.1 Å². The highest BCUT2D eigenvalue weighted by molar-refractivity contribution is 5.84. The summed E-state index contributed by atoms with van der Waals surface area (Å²) >= 11 is 0. The molecule has 0 saturated carbocycles. The first-order valence-electron chi connectivity index (χ1n) is 9.75. The zero-order chi connectivity index (χ0) is 20.0. The number of nitrogens with one attached hydrogen (secondary N) is 2. The molecule has 2 N–H and O–H groups in total. The number of aryl methyl sites for hydroxylation is 1. The van der Waals surface area contributed by atoms with Crippen LogP contribution in [0.3, 0.4) is 0 Å². The Morgan fingerprint density at radius 1 is 1.62 bits per heavy atom. The molecule has 5 nitrogen and oxygen atoms in total. The summed E-state index contributed by atoms with van der Waals surface area (Å²) in [5.74, 6) is 0. The lowest BCUT2D eigenvalue weighted by atomic mass is 10.0. The van der Waals surface area contributed by atoms with Gasteiger partial charge < -0.3 is 19.9 Å². The Bertz CT molecular complexity index is 864. The van der Waals surface area contributed by atoms with Gasteiger partial charge in [0.25, 0.3) is 0 Å². The number of rotatable bonds is 5. The third-order valence-corrected chi connectivity index (χ3v) is 3.47. The first-order valence-corrected chi connectivity index (χ1v) is 6.75.